The lowest BCUT2D eigenvalue weighted by atomic mass is 9.93. The number of fused-ring (bicyclic) bond motifs is 1. The van der Waals surface area contributed by atoms with E-state index in [9.17, 15) is 13.6 Å². The van der Waals surface area contributed by atoms with Gasteiger partial charge in [0.1, 0.15) is 24.2 Å². The van der Waals surface area contributed by atoms with Gasteiger partial charge in [0.15, 0.2) is 0 Å². The standard InChI is InChI=1S/C24H19F2N5O2/c25-20-12-21(26)18(11-17(20)19(13-32)22-2-1-5-29-30-22)24-16-4-3-15(10-23(16)27-14-28-24)31-6-8-33-9-7-31/h1-5,10-14,19H,6-9H2. The van der Waals surface area contributed by atoms with Gasteiger partial charge in [0.05, 0.1) is 36.0 Å². The predicted octanol–water partition coefficient (Wildman–Crippen LogP) is 3.53. The number of aromatic nitrogens is 4. The molecular formula is C24H19F2N5O2. The second kappa shape index (κ2) is 8.95. The van der Waals surface area contributed by atoms with Crippen molar-refractivity contribution in [2.75, 3.05) is 31.2 Å². The predicted molar refractivity (Wildman–Crippen MR) is 118 cm³/mol. The molecule has 2 aromatic heterocycles. The van der Waals surface area contributed by atoms with Crippen molar-refractivity contribution in [3.8, 4) is 11.3 Å². The van der Waals surface area contributed by atoms with Crippen LogP contribution in [0.4, 0.5) is 14.5 Å². The van der Waals surface area contributed by atoms with Crippen LogP contribution < -0.4 is 4.90 Å². The zero-order valence-corrected chi connectivity index (χ0v) is 17.5. The molecule has 0 radical (unpaired) electrons. The van der Waals surface area contributed by atoms with Crippen LogP contribution in [0.15, 0.2) is 55.0 Å². The molecule has 3 heterocycles. The van der Waals surface area contributed by atoms with Gasteiger partial charge in [-0.1, -0.05) is 0 Å². The number of rotatable bonds is 5. The van der Waals surface area contributed by atoms with E-state index in [0.29, 0.717) is 36.1 Å². The van der Waals surface area contributed by atoms with E-state index in [0.717, 1.165) is 24.8 Å². The SMILES string of the molecule is O=CC(c1cccnn1)c1cc(-c2ncnc3cc(N4CCOCC4)ccc23)c(F)cc1F. The van der Waals surface area contributed by atoms with E-state index in [1.54, 1.807) is 12.1 Å². The number of hydrogen-bond donors (Lipinski definition) is 0. The van der Waals surface area contributed by atoms with Crippen LogP contribution in [-0.2, 0) is 9.53 Å². The number of hydrogen-bond acceptors (Lipinski definition) is 7. The first-order chi connectivity index (χ1) is 16.2. The minimum absolute atomic E-state index is 0.00130. The minimum Gasteiger partial charge on any atom is -0.378 e. The molecule has 7 nitrogen and oxygen atoms in total. The van der Waals surface area contributed by atoms with Crippen LogP contribution in [0, 0.1) is 11.6 Å². The van der Waals surface area contributed by atoms with E-state index in [4.69, 9.17) is 4.74 Å². The Balaban J connectivity index is 1.61. The molecule has 33 heavy (non-hydrogen) atoms. The normalized spacial score (nSPS) is 14.9. The summed E-state index contributed by atoms with van der Waals surface area (Å²) in [6.07, 6.45) is 3.37. The van der Waals surface area contributed by atoms with Crippen LogP contribution in [0.25, 0.3) is 22.2 Å². The molecule has 1 atom stereocenters. The molecule has 1 saturated heterocycles. The fourth-order valence-electron chi connectivity index (χ4n) is 4.05. The highest BCUT2D eigenvalue weighted by Crippen LogP contribution is 2.34. The largest absolute Gasteiger partial charge is 0.378 e. The van der Waals surface area contributed by atoms with Crippen molar-refractivity contribution in [2.24, 2.45) is 0 Å². The summed E-state index contributed by atoms with van der Waals surface area (Å²) in [6.45, 7) is 2.85. The highest BCUT2D eigenvalue weighted by molar-refractivity contribution is 5.94. The molecule has 5 rings (SSSR count). The average molecular weight is 447 g/mol. The number of anilines is 1. The van der Waals surface area contributed by atoms with E-state index < -0.39 is 17.6 Å². The minimum atomic E-state index is -1.03. The number of carbonyl (C=O) groups is 1. The Morgan fingerprint density at radius 2 is 1.88 bits per heavy atom. The van der Waals surface area contributed by atoms with E-state index in [-0.39, 0.29) is 16.8 Å². The zero-order valence-electron chi connectivity index (χ0n) is 17.5. The van der Waals surface area contributed by atoms with Gasteiger partial charge in [-0.25, -0.2) is 18.7 Å². The third-order valence-electron chi connectivity index (χ3n) is 5.72. The molecule has 1 aliphatic heterocycles. The summed E-state index contributed by atoms with van der Waals surface area (Å²) in [7, 11) is 0. The van der Waals surface area contributed by atoms with Gasteiger partial charge in [0.2, 0.25) is 0 Å². The zero-order chi connectivity index (χ0) is 22.8. The molecule has 2 aromatic carbocycles. The van der Waals surface area contributed by atoms with Gasteiger partial charge < -0.3 is 14.4 Å². The summed E-state index contributed by atoms with van der Waals surface area (Å²) in [4.78, 5) is 22.7. The molecule has 0 spiro atoms. The quantitative estimate of drug-likeness (QED) is 0.433. The van der Waals surface area contributed by atoms with Crippen molar-refractivity contribution in [2.45, 2.75) is 5.92 Å². The molecule has 1 unspecified atom stereocenters. The number of benzene rings is 2. The molecular weight excluding hydrogens is 428 g/mol. The van der Waals surface area contributed by atoms with Crippen molar-refractivity contribution >= 4 is 22.9 Å². The topological polar surface area (TPSA) is 81.1 Å². The maximum Gasteiger partial charge on any atom is 0.135 e. The van der Waals surface area contributed by atoms with Gasteiger partial charge in [0.25, 0.3) is 0 Å². The van der Waals surface area contributed by atoms with Crippen molar-refractivity contribution in [1.29, 1.82) is 0 Å². The monoisotopic (exact) mass is 447 g/mol. The van der Waals surface area contributed by atoms with Crippen LogP contribution >= 0.6 is 0 Å². The molecule has 9 heteroatoms. The summed E-state index contributed by atoms with van der Waals surface area (Å²) in [5.74, 6) is -2.65. The first-order valence-corrected chi connectivity index (χ1v) is 10.5. The van der Waals surface area contributed by atoms with Crippen LogP contribution in [0.5, 0.6) is 0 Å². The van der Waals surface area contributed by atoms with Crippen LogP contribution in [0.2, 0.25) is 0 Å². The fraction of sp³-hybridized carbons (Fsp3) is 0.208. The fourth-order valence-corrected chi connectivity index (χ4v) is 4.05. The lowest BCUT2D eigenvalue weighted by Crippen LogP contribution is -2.36. The Bertz CT molecular complexity index is 1310. The van der Waals surface area contributed by atoms with Crippen LogP contribution in [0.1, 0.15) is 17.2 Å². The molecule has 0 bridgehead atoms. The lowest BCUT2D eigenvalue weighted by molar-refractivity contribution is -0.108. The summed E-state index contributed by atoms with van der Waals surface area (Å²) in [6, 6.07) is 10.9. The molecule has 0 amide bonds. The molecule has 1 fully saturated rings. The second-order valence-corrected chi connectivity index (χ2v) is 7.64. The van der Waals surface area contributed by atoms with Gasteiger partial charge in [0, 0.05) is 47.6 Å². The van der Waals surface area contributed by atoms with E-state index in [1.165, 1.54) is 18.6 Å². The molecule has 0 saturated carbocycles. The van der Waals surface area contributed by atoms with Gasteiger partial charge in [-0.3, -0.25) is 0 Å². The van der Waals surface area contributed by atoms with Gasteiger partial charge >= 0.3 is 0 Å². The summed E-state index contributed by atoms with van der Waals surface area (Å²) >= 11 is 0. The number of nitrogens with zero attached hydrogens (tertiary/aromatic N) is 5. The number of halogens is 2. The van der Waals surface area contributed by atoms with Gasteiger partial charge in [-0.2, -0.15) is 10.2 Å². The van der Waals surface area contributed by atoms with Gasteiger partial charge in [-0.15, -0.1) is 0 Å². The Morgan fingerprint density at radius 3 is 2.64 bits per heavy atom. The highest BCUT2D eigenvalue weighted by atomic mass is 19.1. The maximum absolute atomic E-state index is 14.9. The van der Waals surface area contributed by atoms with E-state index in [1.807, 2.05) is 18.2 Å². The molecule has 166 valence electrons. The Morgan fingerprint density at radius 1 is 1.03 bits per heavy atom. The first-order valence-electron chi connectivity index (χ1n) is 10.5. The third kappa shape index (κ3) is 4.03. The molecule has 4 aromatic rings. The van der Waals surface area contributed by atoms with Crippen LogP contribution in [0.3, 0.4) is 0 Å². The molecule has 0 N–H and O–H groups in total. The van der Waals surface area contributed by atoms with E-state index >= 15 is 0 Å². The number of carbonyl (C=O) groups excluding carboxylic acids is 1. The highest BCUT2D eigenvalue weighted by Gasteiger charge is 2.23. The number of aldehydes is 1. The number of morpholine rings is 1. The van der Waals surface area contributed by atoms with Crippen molar-refractivity contribution in [3.05, 3.63) is 77.9 Å². The van der Waals surface area contributed by atoms with Gasteiger partial charge in [-0.05, 0) is 36.4 Å². The number of ether oxygens (including phenoxy) is 1. The van der Waals surface area contributed by atoms with Crippen molar-refractivity contribution < 1.29 is 18.3 Å². The third-order valence-corrected chi connectivity index (χ3v) is 5.72. The van der Waals surface area contributed by atoms with Crippen molar-refractivity contribution in [1.82, 2.24) is 20.2 Å². The second-order valence-electron chi connectivity index (χ2n) is 7.64. The maximum atomic E-state index is 14.9. The summed E-state index contributed by atoms with van der Waals surface area (Å²) in [5.41, 5.74) is 2.28. The smallest absolute Gasteiger partial charge is 0.135 e. The average Bonchev–Trinajstić information content (AvgIpc) is 2.86. The Hall–Kier alpha value is -3.85. The Kier molecular flexibility index (Phi) is 5.70. The first kappa shape index (κ1) is 21.0. The molecule has 1 aliphatic rings. The van der Waals surface area contributed by atoms with Crippen LogP contribution in [-0.4, -0.2) is 52.8 Å². The lowest BCUT2D eigenvalue weighted by Gasteiger charge is -2.29. The summed E-state index contributed by atoms with van der Waals surface area (Å²) in [5, 5.41) is 8.29. The Labute approximate surface area is 188 Å². The van der Waals surface area contributed by atoms with E-state index in [2.05, 4.69) is 25.1 Å². The summed E-state index contributed by atoms with van der Waals surface area (Å²) < 4.78 is 35.1. The van der Waals surface area contributed by atoms with Crippen molar-refractivity contribution in [3.63, 3.8) is 0 Å². The molecule has 0 aliphatic carbocycles.